The minimum Gasteiger partial charge on any atom is -0.381 e. The molecule has 0 bridgehead atoms. The maximum Gasteiger partial charge on any atom is 0.160 e. The number of aromatic amines is 1. The van der Waals surface area contributed by atoms with Crippen LogP contribution in [0.3, 0.4) is 0 Å². The fourth-order valence-corrected chi connectivity index (χ4v) is 5.31. The first-order chi connectivity index (χ1) is 15.2. The average molecular weight is 421 g/mol. The Morgan fingerprint density at radius 3 is 2.61 bits per heavy atom. The third-order valence-electron chi connectivity index (χ3n) is 7.16. The van der Waals surface area contributed by atoms with Gasteiger partial charge in [-0.3, -0.25) is 5.10 Å². The van der Waals surface area contributed by atoms with E-state index in [0.717, 1.165) is 48.9 Å². The van der Waals surface area contributed by atoms with Gasteiger partial charge in [0.05, 0.1) is 17.2 Å². The fourth-order valence-electron chi connectivity index (χ4n) is 5.31. The van der Waals surface area contributed by atoms with E-state index in [0.29, 0.717) is 17.5 Å². The summed E-state index contributed by atoms with van der Waals surface area (Å²) in [6, 6.07) is 8.55. The van der Waals surface area contributed by atoms with E-state index in [1.54, 1.807) is 6.07 Å². The molecule has 1 aliphatic carbocycles. The largest absolute Gasteiger partial charge is 0.381 e. The number of ether oxygens (including phenoxy) is 1. The van der Waals surface area contributed by atoms with Crippen molar-refractivity contribution in [2.45, 2.75) is 44.4 Å². The normalized spacial score (nSPS) is 18.1. The van der Waals surface area contributed by atoms with Crippen LogP contribution in [-0.2, 0) is 11.2 Å². The van der Waals surface area contributed by atoms with Crippen LogP contribution in [0.15, 0.2) is 36.5 Å². The molecule has 0 unspecified atom stereocenters. The molecule has 3 heterocycles. The van der Waals surface area contributed by atoms with Gasteiger partial charge in [-0.05, 0) is 55.0 Å². The Bertz CT molecular complexity index is 1260. The van der Waals surface area contributed by atoms with E-state index in [1.165, 1.54) is 48.0 Å². The minimum absolute atomic E-state index is 0.334. The second-order valence-electron chi connectivity index (χ2n) is 9.01. The molecule has 2 fully saturated rings. The summed E-state index contributed by atoms with van der Waals surface area (Å²) >= 11 is 0. The van der Waals surface area contributed by atoms with E-state index in [1.807, 2.05) is 6.20 Å². The second-order valence-corrected chi connectivity index (χ2v) is 9.01. The van der Waals surface area contributed by atoms with Crippen molar-refractivity contribution in [3.63, 3.8) is 0 Å². The zero-order valence-electron chi connectivity index (χ0n) is 17.3. The molecule has 1 saturated heterocycles. The first-order valence-electron chi connectivity index (χ1n) is 11.2. The highest BCUT2D eigenvalue weighted by atomic mass is 19.2. The molecule has 4 nitrogen and oxygen atoms in total. The lowest BCUT2D eigenvalue weighted by Gasteiger charge is -2.29. The Morgan fingerprint density at radius 2 is 1.87 bits per heavy atom. The van der Waals surface area contributed by atoms with Crippen molar-refractivity contribution >= 4 is 21.8 Å². The van der Waals surface area contributed by atoms with E-state index in [2.05, 4.69) is 26.9 Å². The van der Waals surface area contributed by atoms with Gasteiger partial charge in [0.2, 0.25) is 0 Å². The molecular formula is C25H25F2N3O. The summed E-state index contributed by atoms with van der Waals surface area (Å²) in [5.41, 5.74) is 5.32. The van der Waals surface area contributed by atoms with E-state index in [4.69, 9.17) is 4.74 Å². The van der Waals surface area contributed by atoms with E-state index < -0.39 is 11.6 Å². The first-order valence-corrected chi connectivity index (χ1v) is 11.2. The monoisotopic (exact) mass is 421 g/mol. The van der Waals surface area contributed by atoms with Crippen LogP contribution in [0, 0.1) is 17.6 Å². The van der Waals surface area contributed by atoms with Crippen molar-refractivity contribution in [1.29, 1.82) is 0 Å². The highest BCUT2D eigenvalue weighted by Crippen LogP contribution is 2.42. The average Bonchev–Trinajstić information content (AvgIpc) is 3.33. The lowest BCUT2D eigenvalue weighted by molar-refractivity contribution is 0.0840. The van der Waals surface area contributed by atoms with Gasteiger partial charge in [-0.25, -0.2) is 8.78 Å². The van der Waals surface area contributed by atoms with Gasteiger partial charge in [-0.1, -0.05) is 19.3 Å². The van der Waals surface area contributed by atoms with E-state index in [9.17, 15) is 8.78 Å². The van der Waals surface area contributed by atoms with E-state index in [-0.39, 0.29) is 0 Å². The molecule has 1 aliphatic heterocycles. The van der Waals surface area contributed by atoms with Crippen molar-refractivity contribution in [3.8, 4) is 5.69 Å². The molecular weight excluding hydrogens is 396 g/mol. The maximum atomic E-state index is 14.3. The third kappa shape index (κ3) is 3.16. The van der Waals surface area contributed by atoms with Gasteiger partial charge >= 0.3 is 0 Å². The van der Waals surface area contributed by atoms with Crippen LogP contribution in [0.4, 0.5) is 8.78 Å². The number of H-pyrrole nitrogens is 1. The molecule has 31 heavy (non-hydrogen) atoms. The number of fused-ring (bicyclic) bond motifs is 2. The standard InChI is InChI=1S/C25H25F2N3O/c26-21-5-4-18(12-22(21)27)30-24-11-17-14-28-29-23(17)13-19(24)20(10-15-2-1-3-15)25(30)16-6-8-31-9-7-16/h4-5,11-16H,1-3,6-10H2,(H,28,29). The second kappa shape index (κ2) is 7.45. The van der Waals surface area contributed by atoms with Crippen LogP contribution < -0.4 is 0 Å². The van der Waals surface area contributed by atoms with Crippen molar-refractivity contribution in [1.82, 2.24) is 14.8 Å². The molecule has 4 aromatic rings. The summed E-state index contributed by atoms with van der Waals surface area (Å²) in [6.07, 6.45) is 8.55. The summed E-state index contributed by atoms with van der Waals surface area (Å²) in [5, 5.41) is 9.50. The van der Waals surface area contributed by atoms with Crippen LogP contribution >= 0.6 is 0 Å². The number of nitrogens with one attached hydrogen (secondary N) is 1. The predicted octanol–water partition coefficient (Wildman–Crippen LogP) is 6.02. The number of hydrogen-bond acceptors (Lipinski definition) is 2. The lowest BCUT2D eigenvalue weighted by Crippen LogP contribution is -2.20. The topological polar surface area (TPSA) is 42.8 Å². The highest BCUT2D eigenvalue weighted by molar-refractivity contribution is 5.98. The fraction of sp³-hybridized carbons (Fsp3) is 0.400. The Kier molecular flexibility index (Phi) is 4.56. The third-order valence-corrected chi connectivity index (χ3v) is 7.16. The smallest absolute Gasteiger partial charge is 0.160 e. The van der Waals surface area contributed by atoms with Crippen molar-refractivity contribution in [2.75, 3.05) is 13.2 Å². The molecule has 2 aromatic heterocycles. The molecule has 0 spiro atoms. The van der Waals surface area contributed by atoms with Crippen LogP contribution in [0.5, 0.6) is 0 Å². The predicted molar refractivity (Wildman–Crippen MR) is 117 cm³/mol. The number of halogens is 2. The molecule has 2 aliphatic rings. The molecule has 1 N–H and O–H groups in total. The van der Waals surface area contributed by atoms with Gasteiger partial charge in [-0.2, -0.15) is 5.10 Å². The summed E-state index contributed by atoms with van der Waals surface area (Å²) in [5.74, 6) is -0.608. The van der Waals surface area contributed by atoms with E-state index >= 15 is 0 Å². The van der Waals surface area contributed by atoms with Gasteiger partial charge in [0.15, 0.2) is 11.6 Å². The molecule has 0 amide bonds. The number of rotatable bonds is 4. The van der Waals surface area contributed by atoms with Gasteiger partial charge in [0, 0.05) is 47.4 Å². The van der Waals surface area contributed by atoms with Gasteiger partial charge < -0.3 is 9.30 Å². The zero-order valence-corrected chi connectivity index (χ0v) is 17.3. The number of hydrogen-bond donors (Lipinski definition) is 1. The first kappa shape index (κ1) is 19.0. The minimum atomic E-state index is -0.820. The number of aromatic nitrogens is 3. The molecule has 2 aromatic carbocycles. The van der Waals surface area contributed by atoms with Gasteiger partial charge in [-0.15, -0.1) is 0 Å². The summed E-state index contributed by atoms with van der Waals surface area (Å²) in [6.45, 7) is 1.47. The van der Waals surface area contributed by atoms with Crippen molar-refractivity contribution in [3.05, 3.63) is 59.4 Å². The molecule has 1 saturated carbocycles. The van der Waals surface area contributed by atoms with Crippen LogP contribution in [-0.4, -0.2) is 28.0 Å². The van der Waals surface area contributed by atoms with Crippen molar-refractivity contribution in [2.24, 2.45) is 5.92 Å². The maximum absolute atomic E-state index is 14.3. The lowest BCUT2D eigenvalue weighted by atomic mass is 9.79. The number of benzene rings is 2. The molecule has 160 valence electrons. The zero-order chi connectivity index (χ0) is 20.9. The summed E-state index contributed by atoms with van der Waals surface area (Å²) in [4.78, 5) is 0. The van der Waals surface area contributed by atoms with Crippen LogP contribution in [0.1, 0.15) is 49.3 Å². The molecule has 0 radical (unpaired) electrons. The van der Waals surface area contributed by atoms with Gasteiger partial charge in [0.1, 0.15) is 0 Å². The Morgan fingerprint density at radius 1 is 1.03 bits per heavy atom. The SMILES string of the molecule is Fc1ccc(-n2c(C3CCOCC3)c(CC3CCC3)c3cc4[nH]ncc4cc32)cc1F. The summed E-state index contributed by atoms with van der Waals surface area (Å²) < 4.78 is 35.9. The molecule has 6 rings (SSSR count). The Balaban J connectivity index is 1.66. The molecule has 0 atom stereocenters. The van der Waals surface area contributed by atoms with Crippen molar-refractivity contribution < 1.29 is 13.5 Å². The summed E-state index contributed by atoms with van der Waals surface area (Å²) in [7, 11) is 0. The quantitative estimate of drug-likeness (QED) is 0.438. The van der Waals surface area contributed by atoms with Crippen LogP contribution in [0.25, 0.3) is 27.5 Å². The Hall–Kier alpha value is -2.73. The van der Waals surface area contributed by atoms with Gasteiger partial charge in [0.25, 0.3) is 0 Å². The number of nitrogens with zero attached hydrogens (tertiary/aromatic N) is 2. The Labute approximate surface area is 179 Å². The van der Waals surface area contributed by atoms with Crippen LogP contribution in [0.2, 0.25) is 0 Å². The molecule has 6 heteroatoms. The highest BCUT2D eigenvalue weighted by Gasteiger charge is 2.30.